The van der Waals surface area contributed by atoms with Crippen molar-refractivity contribution < 1.29 is 19.4 Å². The van der Waals surface area contributed by atoms with E-state index in [-0.39, 0.29) is 0 Å². The maximum atomic E-state index is 12.3. The fourth-order valence-corrected chi connectivity index (χ4v) is 3.86. The zero-order valence-electron chi connectivity index (χ0n) is 11.5. The van der Waals surface area contributed by atoms with Crippen LogP contribution in [-0.4, -0.2) is 27.6 Å². The minimum absolute atomic E-state index is 0.307. The van der Waals surface area contributed by atoms with E-state index in [9.17, 15) is 19.4 Å². The second kappa shape index (κ2) is 6.20. The fourth-order valence-electron chi connectivity index (χ4n) is 2.36. The van der Waals surface area contributed by atoms with Gasteiger partial charge in [0, 0.05) is 12.9 Å². The van der Waals surface area contributed by atoms with Crippen LogP contribution in [0.1, 0.15) is 22.8 Å². The molecule has 21 heavy (non-hydrogen) atoms. The summed E-state index contributed by atoms with van der Waals surface area (Å²) in [5, 5.41) is 9.56. The van der Waals surface area contributed by atoms with Crippen molar-refractivity contribution >= 4 is 13.3 Å². The minimum atomic E-state index is -3.72. The molecule has 1 aromatic carbocycles. The summed E-state index contributed by atoms with van der Waals surface area (Å²) in [4.78, 5) is 25.8. The van der Waals surface area contributed by atoms with Crippen molar-refractivity contribution in [3.63, 3.8) is 0 Å². The number of hydrogen-bond donors (Lipinski definition) is 2. The van der Waals surface area contributed by atoms with Crippen LogP contribution < -0.4 is 0 Å². The van der Waals surface area contributed by atoms with Crippen LogP contribution in [0.25, 0.3) is 0 Å². The molecule has 5 nitrogen and oxygen atoms in total. The van der Waals surface area contributed by atoms with E-state index in [2.05, 4.69) is 4.98 Å². The van der Waals surface area contributed by atoms with Gasteiger partial charge >= 0.3 is 5.97 Å². The van der Waals surface area contributed by atoms with Crippen LogP contribution in [0.5, 0.6) is 0 Å². The van der Waals surface area contributed by atoms with Gasteiger partial charge in [0.1, 0.15) is 0 Å². The third-order valence-corrected chi connectivity index (χ3v) is 4.84. The molecular formula is C15H16NO4P. The maximum absolute atomic E-state index is 12.3. The predicted molar refractivity (Wildman–Crippen MR) is 79.5 cm³/mol. The molecule has 3 unspecified atom stereocenters. The van der Waals surface area contributed by atoms with Crippen LogP contribution in [0.4, 0.5) is 0 Å². The van der Waals surface area contributed by atoms with Crippen LogP contribution in [0.3, 0.4) is 0 Å². The van der Waals surface area contributed by atoms with E-state index in [0.717, 1.165) is 0 Å². The first-order chi connectivity index (χ1) is 9.91. The molecule has 0 saturated carbocycles. The van der Waals surface area contributed by atoms with Crippen molar-refractivity contribution in [2.75, 3.05) is 6.66 Å². The second-order valence-corrected chi connectivity index (χ2v) is 7.31. The molecule has 6 heteroatoms. The van der Waals surface area contributed by atoms with Crippen LogP contribution >= 0.6 is 7.37 Å². The Labute approximate surface area is 122 Å². The molecule has 0 radical (unpaired) electrons. The Balaban J connectivity index is 2.58. The first-order valence-corrected chi connectivity index (χ1v) is 8.57. The Morgan fingerprint density at radius 3 is 2.24 bits per heavy atom. The molecule has 0 bridgehead atoms. The maximum Gasteiger partial charge on any atom is 0.312 e. The molecule has 2 aromatic rings. The molecule has 1 heterocycles. The average molecular weight is 305 g/mol. The number of aliphatic carboxylic acids is 1. The van der Waals surface area contributed by atoms with Crippen LogP contribution in [0.15, 0.2) is 54.7 Å². The summed E-state index contributed by atoms with van der Waals surface area (Å²) in [6.07, 6.45) is 1.49. The van der Waals surface area contributed by atoms with Gasteiger partial charge in [0.05, 0.1) is 17.3 Å². The number of benzene rings is 1. The van der Waals surface area contributed by atoms with Gasteiger partial charge in [-0.25, -0.2) is 0 Å². The number of pyridine rings is 1. The number of nitrogens with zero attached hydrogens (tertiary/aromatic N) is 1. The Morgan fingerprint density at radius 1 is 1.14 bits per heavy atom. The predicted octanol–water partition coefficient (Wildman–Crippen LogP) is 2.89. The largest absolute Gasteiger partial charge is 0.481 e. The van der Waals surface area contributed by atoms with Gasteiger partial charge in [0.2, 0.25) is 7.37 Å². The number of carboxylic acid groups (broad SMARTS) is 1. The number of aromatic nitrogens is 1. The quantitative estimate of drug-likeness (QED) is 0.829. The molecule has 3 atom stereocenters. The molecule has 2 rings (SSSR count). The number of carboxylic acids is 1. The van der Waals surface area contributed by atoms with Crippen LogP contribution in [-0.2, 0) is 9.36 Å². The summed E-state index contributed by atoms with van der Waals surface area (Å²) in [6.45, 7) is 1.17. The fraction of sp³-hybridized carbons (Fsp3) is 0.200. The van der Waals surface area contributed by atoms with Gasteiger partial charge in [-0.05, 0) is 17.7 Å². The van der Waals surface area contributed by atoms with Gasteiger partial charge in [-0.2, -0.15) is 0 Å². The van der Waals surface area contributed by atoms with Crippen molar-refractivity contribution in [3.05, 3.63) is 66.0 Å². The van der Waals surface area contributed by atoms with Gasteiger partial charge in [0.25, 0.3) is 0 Å². The lowest BCUT2D eigenvalue weighted by molar-refractivity contribution is -0.139. The molecule has 110 valence electrons. The minimum Gasteiger partial charge on any atom is -0.481 e. The van der Waals surface area contributed by atoms with Crippen molar-refractivity contribution in [1.29, 1.82) is 0 Å². The summed E-state index contributed by atoms with van der Waals surface area (Å²) in [5.41, 5.74) is -0.294. The number of rotatable bonds is 5. The SMILES string of the molecule is CP(=O)(O)C(c1ccccn1)C(C(=O)O)c1ccccc1. The molecule has 0 saturated heterocycles. The Hall–Kier alpha value is -1.97. The lowest BCUT2D eigenvalue weighted by Crippen LogP contribution is -2.21. The lowest BCUT2D eigenvalue weighted by atomic mass is 9.93. The van der Waals surface area contributed by atoms with Gasteiger partial charge in [-0.1, -0.05) is 36.4 Å². The monoisotopic (exact) mass is 305 g/mol. The van der Waals surface area contributed by atoms with Gasteiger partial charge in [-0.3, -0.25) is 14.3 Å². The highest BCUT2D eigenvalue weighted by molar-refractivity contribution is 7.57. The van der Waals surface area contributed by atoms with Crippen molar-refractivity contribution in [1.82, 2.24) is 4.98 Å². The molecule has 0 aliphatic rings. The van der Waals surface area contributed by atoms with Crippen molar-refractivity contribution in [3.8, 4) is 0 Å². The van der Waals surface area contributed by atoms with E-state index in [1.807, 2.05) is 0 Å². The zero-order valence-corrected chi connectivity index (χ0v) is 12.4. The van der Waals surface area contributed by atoms with Crippen molar-refractivity contribution in [2.24, 2.45) is 0 Å². The standard InChI is InChI=1S/C15H16NO4P/c1-21(19,20)14(12-9-5-6-10-16-12)13(15(17)18)11-7-3-2-4-8-11/h2-10,13-14H,1H3,(H,17,18)(H,19,20). The highest BCUT2D eigenvalue weighted by Gasteiger charge is 2.41. The Kier molecular flexibility index (Phi) is 4.56. The molecule has 2 N–H and O–H groups in total. The second-order valence-electron chi connectivity index (χ2n) is 4.87. The lowest BCUT2D eigenvalue weighted by Gasteiger charge is -2.26. The van der Waals surface area contributed by atoms with Gasteiger partial charge < -0.3 is 10.00 Å². The molecule has 0 aliphatic carbocycles. The first-order valence-electron chi connectivity index (χ1n) is 6.40. The van der Waals surface area contributed by atoms with E-state index in [4.69, 9.17) is 0 Å². The molecule has 0 amide bonds. The summed E-state index contributed by atoms with van der Waals surface area (Å²) >= 11 is 0. The van der Waals surface area contributed by atoms with Gasteiger partial charge in [0.15, 0.2) is 0 Å². The van der Waals surface area contributed by atoms with E-state index in [1.54, 1.807) is 48.5 Å². The third kappa shape index (κ3) is 3.57. The molecule has 1 aromatic heterocycles. The molecule has 0 spiro atoms. The third-order valence-electron chi connectivity index (χ3n) is 3.25. The van der Waals surface area contributed by atoms with Crippen LogP contribution in [0.2, 0.25) is 0 Å². The number of carbonyl (C=O) groups is 1. The van der Waals surface area contributed by atoms with E-state index in [1.165, 1.54) is 12.9 Å². The summed E-state index contributed by atoms with van der Waals surface area (Å²) in [7, 11) is -3.72. The summed E-state index contributed by atoms with van der Waals surface area (Å²) in [6, 6.07) is 13.4. The van der Waals surface area contributed by atoms with E-state index >= 15 is 0 Å². The highest BCUT2D eigenvalue weighted by Crippen LogP contribution is 2.58. The van der Waals surface area contributed by atoms with E-state index < -0.39 is 24.9 Å². The van der Waals surface area contributed by atoms with Crippen molar-refractivity contribution in [2.45, 2.75) is 11.6 Å². The zero-order chi connectivity index (χ0) is 15.5. The highest BCUT2D eigenvalue weighted by atomic mass is 31.2. The van der Waals surface area contributed by atoms with Crippen LogP contribution in [0, 0.1) is 0 Å². The average Bonchev–Trinajstić information content (AvgIpc) is 2.44. The topological polar surface area (TPSA) is 87.5 Å². The Morgan fingerprint density at radius 2 is 1.76 bits per heavy atom. The smallest absolute Gasteiger partial charge is 0.312 e. The molecule has 0 aliphatic heterocycles. The normalized spacial score (nSPS) is 16.7. The summed E-state index contributed by atoms with van der Waals surface area (Å²) in [5.74, 6) is -2.27. The van der Waals surface area contributed by atoms with Gasteiger partial charge in [-0.15, -0.1) is 0 Å². The Bertz CT molecular complexity index is 654. The first kappa shape index (κ1) is 15.4. The summed E-state index contributed by atoms with van der Waals surface area (Å²) < 4.78 is 12.3. The number of hydrogen-bond acceptors (Lipinski definition) is 3. The molecule has 0 fully saturated rings. The molecular weight excluding hydrogens is 289 g/mol. The van der Waals surface area contributed by atoms with E-state index in [0.29, 0.717) is 11.3 Å².